The number of thioether (sulfide) groups is 1. The van der Waals surface area contributed by atoms with Gasteiger partial charge < -0.3 is 25.3 Å². The van der Waals surface area contributed by atoms with Crippen LogP contribution in [-0.2, 0) is 10.5 Å². The molecule has 32 heavy (non-hydrogen) atoms. The van der Waals surface area contributed by atoms with Gasteiger partial charge in [-0.05, 0) is 41.5 Å². The molecule has 0 atom stereocenters. The van der Waals surface area contributed by atoms with Gasteiger partial charge in [-0.2, -0.15) is 0 Å². The first-order valence-electron chi connectivity index (χ1n) is 9.89. The zero-order valence-electron chi connectivity index (χ0n) is 18.3. The minimum absolute atomic E-state index is 0.232. The lowest BCUT2D eigenvalue weighted by atomic mass is 10.1. The molecular formula is C25H26N2O4S. The van der Waals surface area contributed by atoms with Crippen molar-refractivity contribution in [3.63, 3.8) is 0 Å². The van der Waals surface area contributed by atoms with Crippen molar-refractivity contribution in [1.82, 2.24) is 0 Å². The SMILES string of the molecule is COc1cc(SCc2ccc(/C=C\C(=O)Nc3ccccc3N)cc2)cc(OC)c1OC. The Bertz CT molecular complexity index is 1070. The number of amides is 1. The summed E-state index contributed by atoms with van der Waals surface area (Å²) in [7, 11) is 4.80. The minimum atomic E-state index is -0.232. The molecule has 0 saturated heterocycles. The van der Waals surface area contributed by atoms with Crippen molar-refractivity contribution in [2.75, 3.05) is 32.4 Å². The molecule has 6 nitrogen and oxygen atoms in total. The normalized spacial score (nSPS) is 10.7. The van der Waals surface area contributed by atoms with Crippen LogP contribution in [0.2, 0.25) is 0 Å². The Morgan fingerprint density at radius 3 is 2.22 bits per heavy atom. The molecule has 166 valence electrons. The summed E-state index contributed by atoms with van der Waals surface area (Å²) < 4.78 is 16.2. The van der Waals surface area contributed by atoms with Gasteiger partial charge in [-0.3, -0.25) is 4.79 Å². The van der Waals surface area contributed by atoms with Crippen LogP contribution >= 0.6 is 11.8 Å². The Morgan fingerprint density at radius 1 is 0.969 bits per heavy atom. The fraction of sp³-hybridized carbons (Fsp3) is 0.160. The largest absolute Gasteiger partial charge is 0.493 e. The van der Waals surface area contributed by atoms with Crippen molar-refractivity contribution >= 4 is 35.1 Å². The second kappa shape index (κ2) is 11.2. The molecule has 0 aliphatic heterocycles. The molecule has 1 amide bonds. The van der Waals surface area contributed by atoms with E-state index in [4.69, 9.17) is 19.9 Å². The molecule has 3 aromatic carbocycles. The highest BCUT2D eigenvalue weighted by molar-refractivity contribution is 7.98. The van der Waals surface area contributed by atoms with Crippen molar-refractivity contribution in [2.24, 2.45) is 0 Å². The van der Waals surface area contributed by atoms with Crippen molar-refractivity contribution < 1.29 is 19.0 Å². The maximum Gasteiger partial charge on any atom is 0.248 e. The third kappa shape index (κ3) is 5.98. The molecule has 0 aliphatic rings. The first-order chi connectivity index (χ1) is 15.5. The smallest absolute Gasteiger partial charge is 0.248 e. The first-order valence-corrected chi connectivity index (χ1v) is 10.9. The Balaban J connectivity index is 1.60. The molecule has 0 fully saturated rings. The fourth-order valence-electron chi connectivity index (χ4n) is 2.99. The second-order valence-electron chi connectivity index (χ2n) is 6.80. The van der Waals surface area contributed by atoms with Gasteiger partial charge in [0, 0.05) is 16.7 Å². The van der Waals surface area contributed by atoms with E-state index in [0.717, 1.165) is 21.8 Å². The van der Waals surface area contributed by atoms with Gasteiger partial charge >= 0.3 is 0 Å². The second-order valence-corrected chi connectivity index (χ2v) is 7.85. The number of carbonyl (C=O) groups excluding carboxylic acids is 1. The standard InChI is InChI=1S/C25H26N2O4S/c1-29-22-14-19(15-23(30-2)25(22)31-3)32-16-18-10-8-17(9-11-18)12-13-24(28)27-21-7-5-4-6-20(21)26/h4-15H,16,26H2,1-3H3,(H,27,28)/b13-12-. The highest BCUT2D eigenvalue weighted by Crippen LogP contribution is 2.41. The number of benzene rings is 3. The van der Waals surface area contributed by atoms with Gasteiger partial charge in [-0.1, -0.05) is 36.4 Å². The van der Waals surface area contributed by atoms with E-state index in [0.29, 0.717) is 28.6 Å². The predicted octanol–water partition coefficient (Wildman–Crippen LogP) is 5.24. The molecule has 0 spiro atoms. The first kappa shape index (κ1) is 23.1. The molecular weight excluding hydrogens is 424 g/mol. The van der Waals surface area contributed by atoms with Gasteiger partial charge in [0.15, 0.2) is 11.5 Å². The zero-order valence-corrected chi connectivity index (χ0v) is 19.1. The van der Waals surface area contributed by atoms with Crippen LogP contribution in [0.15, 0.2) is 71.6 Å². The molecule has 7 heteroatoms. The van der Waals surface area contributed by atoms with Crippen LogP contribution in [0, 0.1) is 0 Å². The van der Waals surface area contributed by atoms with Gasteiger partial charge in [0.05, 0.1) is 32.7 Å². The minimum Gasteiger partial charge on any atom is -0.493 e. The fourth-order valence-corrected chi connectivity index (χ4v) is 3.90. The van der Waals surface area contributed by atoms with Gasteiger partial charge in [-0.25, -0.2) is 0 Å². The Labute approximate surface area is 192 Å². The van der Waals surface area contributed by atoms with E-state index in [1.54, 1.807) is 51.3 Å². The van der Waals surface area contributed by atoms with Crippen LogP contribution < -0.4 is 25.3 Å². The number of methoxy groups -OCH3 is 3. The lowest BCUT2D eigenvalue weighted by Gasteiger charge is -2.14. The number of nitrogens with two attached hydrogens (primary N) is 1. The van der Waals surface area contributed by atoms with E-state index in [-0.39, 0.29) is 5.91 Å². The summed E-state index contributed by atoms with van der Waals surface area (Å²) in [6.07, 6.45) is 3.26. The third-order valence-corrected chi connectivity index (χ3v) is 5.72. The summed E-state index contributed by atoms with van der Waals surface area (Å²) in [4.78, 5) is 13.1. The molecule has 0 heterocycles. The highest BCUT2D eigenvalue weighted by atomic mass is 32.2. The maximum absolute atomic E-state index is 12.1. The maximum atomic E-state index is 12.1. The Morgan fingerprint density at radius 2 is 1.62 bits per heavy atom. The summed E-state index contributed by atoms with van der Waals surface area (Å²) in [5.41, 5.74) is 9.07. The quantitative estimate of drug-likeness (QED) is 0.264. The Kier molecular flexibility index (Phi) is 8.05. The topological polar surface area (TPSA) is 82.8 Å². The molecule has 0 radical (unpaired) electrons. The lowest BCUT2D eigenvalue weighted by molar-refractivity contribution is -0.111. The summed E-state index contributed by atoms with van der Waals surface area (Å²) in [6, 6.07) is 19.1. The van der Waals surface area contributed by atoms with E-state index >= 15 is 0 Å². The monoisotopic (exact) mass is 450 g/mol. The highest BCUT2D eigenvalue weighted by Gasteiger charge is 2.13. The number of carbonyl (C=O) groups is 1. The van der Waals surface area contributed by atoms with E-state index < -0.39 is 0 Å². The number of rotatable bonds is 9. The number of anilines is 2. The zero-order chi connectivity index (χ0) is 22.9. The average Bonchev–Trinajstić information content (AvgIpc) is 2.82. The van der Waals surface area contributed by atoms with Crippen molar-refractivity contribution in [3.8, 4) is 17.2 Å². The summed E-state index contributed by atoms with van der Waals surface area (Å²) in [5.74, 6) is 2.38. The number of nitrogens with one attached hydrogen (secondary N) is 1. The van der Waals surface area contributed by atoms with E-state index in [9.17, 15) is 4.79 Å². The number of nitrogen functional groups attached to an aromatic ring is 1. The molecule has 3 rings (SSSR count). The van der Waals surface area contributed by atoms with Crippen LogP contribution in [0.1, 0.15) is 11.1 Å². The molecule has 0 aliphatic carbocycles. The average molecular weight is 451 g/mol. The van der Waals surface area contributed by atoms with Crippen LogP contribution in [0.25, 0.3) is 6.08 Å². The summed E-state index contributed by atoms with van der Waals surface area (Å²) in [6.45, 7) is 0. The van der Waals surface area contributed by atoms with Gasteiger partial charge in [0.1, 0.15) is 0 Å². The van der Waals surface area contributed by atoms with Crippen LogP contribution in [0.5, 0.6) is 17.2 Å². The van der Waals surface area contributed by atoms with Crippen molar-refractivity contribution in [1.29, 1.82) is 0 Å². The molecule has 3 aromatic rings. The van der Waals surface area contributed by atoms with E-state index in [1.807, 2.05) is 48.5 Å². The van der Waals surface area contributed by atoms with E-state index in [2.05, 4.69) is 5.32 Å². The predicted molar refractivity (Wildman–Crippen MR) is 131 cm³/mol. The van der Waals surface area contributed by atoms with Crippen LogP contribution in [0.3, 0.4) is 0 Å². The molecule has 3 N–H and O–H groups in total. The number of hydrogen-bond acceptors (Lipinski definition) is 6. The van der Waals surface area contributed by atoms with Gasteiger partial charge in [0.2, 0.25) is 11.7 Å². The van der Waals surface area contributed by atoms with Crippen LogP contribution in [-0.4, -0.2) is 27.2 Å². The molecule has 0 bridgehead atoms. The van der Waals surface area contributed by atoms with Crippen LogP contribution in [0.4, 0.5) is 11.4 Å². The summed E-state index contributed by atoms with van der Waals surface area (Å²) in [5, 5.41) is 2.77. The Hall–Kier alpha value is -3.58. The molecule has 0 aromatic heterocycles. The third-order valence-electron chi connectivity index (χ3n) is 4.67. The summed E-state index contributed by atoms with van der Waals surface area (Å²) >= 11 is 1.67. The number of hydrogen-bond donors (Lipinski definition) is 2. The van der Waals surface area contributed by atoms with Gasteiger partial charge in [-0.15, -0.1) is 11.8 Å². The van der Waals surface area contributed by atoms with E-state index in [1.165, 1.54) is 6.08 Å². The molecule has 0 saturated carbocycles. The van der Waals surface area contributed by atoms with Crippen molar-refractivity contribution in [2.45, 2.75) is 10.6 Å². The number of para-hydroxylation sites is 2. The lowest BCUT2D eigenvalue weighted by Crippen LogP contribution is -2.09. The van der Waals surface area contributed by atoms with Gasteiger partial charge in [0.25, 0.3) is 0 Å². The number of ether oxygens (including phenoxy) is 3. The van der Waals surface area contributed by atoms with Crippen molar-refractivity contribution in [3.05, 3.63) is 77.9 Å². The molecule has 0 unspecified atom stereocenters.